The molecule has 1 aliphatic rings. The van der Waals surface area contributed by atoms with Gasteiger partial charge in [-0.25, -0.2) is 13.4 Å². The van der Waals surface area contributed by atoms with Crippen molar-refractivity contribution >= 4 is 21.5 Å². The standard InChI is InChI=1S/C14H23N3O2S/c1-3-9-20(18,19)16-14-7-6-13(10-15-14)17-8-4-5-12(2)11-17/h6-7,10,12H,3-5,8-9,11H2,1-2H3,(H,15,16). The second-order valence-electron chi connectivity index (χ2n) is 5.52. The van der Waals surface area contributed by atoms with Crippen molar-refractivity contribution in [3.05, 3.63) is 18.3 Å². The van der Waals surface area contributed by atoms with Crippen LogP contribution in [-0.2, 0) is 10.0 Å². The van der Waals surface area contributed by atoms with Gasteiger partial charge < -0.3 is 4.90 Å². The zero-order valence-electron chi connectivity index (χ0n) is 12.2. The van der Waals surface area contributed by atoms with Crippen LogP contribution in [0.4, 0.5) is 11.5 Å². The minimum absolute atomic E-state index is 0.125. The minimum atomic E-state index is -3.26. The van der Waals surface area contributed by atoms with E-state index in [0.29, 0.717) is 18.2 Å². The van der Waals surface area contributed by atoms with Gasteiger partial charge in [-0.1, -0.05) is 13.8 Å². The average Bonchev–Trinajstić information content (AvgIpc) is 2.39. The van der Waals surface area contributed by atoms with Crippen molar-refractivity contribution in [2.45, 2.75) is 33.1 Å². The summed E-state index contributed by atoms with van der Waals surface area (Å²) >= 11 is 0. The minimum Gasteiger partial charge on any atom is -0.370 e. The zero-order valence-corrected chi connectivity index (χ0v) is 13.0. The van der Waals surface area contributed by atoms with Crippen LogP contribution in [0.25, 0.3) is 0 Å². The molecule has 0 saturated carbocycles. The van der Waals surface area contributed by atoms with Gasteiger partial charge in [-0.3, -0.25) is 4.72 Å². The van der Waals surface area contributed by atoms with E-state index in [2.05, 4.69) is 21.5 Å². The highest BCUT2D eigenvalue weighted by Crippen LogP contribution is 2.23. The molecule has 2 rings (SSSR count). The van der Waals surface area contributed by atoms with Crippen molar-refractivity contribution in [1.29, 1.82) is 0 Å². The normalized spacial score (nSPS) is 19.9. The van der Waals surface area contributed by atoms with Gasteiger partial charge in [0.1, 0.15) is 5.82 Å². The van der Waals surface area contributed by atoms with Gasteiger partial charge in [-0.05, 0) is 37.3 Å². The molecule has 0 bridgehead atoms. The number of rotatable bonds is 5. The third-order valence-corrected chi connectivity index (χ3v) is 4.97. The van der Waals surface area contributed by atoms with Crippen molar-refractivity contribution in [1.82, 2.24) is 4.98 Å². The summed E-state index contributed by atoms with van der Waals surface area (Å²) in [5, 5.41) is 0. The van der Waals surface area contributed by atoms with Crippen LogP contribution in [0.3, 0.4) is 0 Å². The van der Waals surface area contributed by atoms with E-state index in [1.54, 1.807) is 12.3 Å². The van der Waals surface area contributed by atoms with Gasteiger partial charge in [0, 0.05) is 13.1 Å². The SMILES string of the molecule is CCCS(=O)(=O)Nc1ccc(N2CCCC(C)C2)cn1. The number of piperidine rings is 1. The van der Waals surface area contributed by atoms with Crippen LogP contribution < -0.4 is 9.62 Å². The quantitative estimate of drug-likeness (QED) is 0.907. The van der Waals surface area contributed by atoms with Crippen LogP contribution >= 0.6 is 0 Å². The first-order valence-electron chi connectivity index (χ1n) is 7.21. The maximum absolute atomic E-state index is 11.7. The first-order valence-corrected chi connectivity index (χ1v) is 8.87. The Balaban J connectivity index is 2.03. The van der Waals surface area contributed by atoms with Gasteiger partial charge in [0.2, 0.25) is 10.0 Å². The molecule has 1 aliphatic heterocycles. The maximum Gasteiger partial charge on any atom is 0.233 e. The van der Waals surface area contributed by atoms with Crippen molar-refractivity contribution < 1.29 is 8.42 Å². The van der Waals surface area contributed by atoms with Crippen molar-refractivity contribution in [3.63, 3.8) is 0 Å². The molecule has 1 N–H and O–H groups in total. The van der Waals surface area contributed by atoms with E-state index < -0.39 is 10.0 Å². The number of aromatic nitrogens is 1. The second kappa shape index (κ2) is 6.43. The molecule has 1 unspecified atom stereocenters. The molecular formula is C14H23N3O2S. The van der Waals surface area contributed by atoms with E-state index >= 15 is 0 Å². The van der Waals surface area contributed by atoms with Gasteiger partial charge >= 0.3 is 0 Å². The summed E-state index contributed by atoms with van der Waals surface area (Å²) in [6, 6.07) is 3.68. The number of sulfonamides is 1. The number of nitrogens with zero attached hydrogens (tertiary/aromatic N) is 2. The molecule has 0 spiro atoms. The molecule has 112 valence electrons. The lowest BCUT2D eigenvalue weighted by Crippen LogP contribution is -2.34. The molecule has 1 aromatic heterocycles. The van der Waals surface area contributed by atoms with Crippen molar-refractivity contribution in [3.8, 4) is 0 Å². The van der Waals surface area contributed by atoms with E-state index in [1.165, 1.54) is 12.8 Å². The molecule has 1 fully saturated rings. The largest absolute Gasteiger partial charge is 0.370 e. The molecule has 5 nitrogen and oxygen atoms in total. The van der Waals surface area contributed by atoms with E-state index in [0.717, 1.165) is 18.8 Å². The van der Waals surface area contributed by atoms with Crippen LogP contribution in [0, 0.1) is 5.92 Å². The first kappa shape index (κ1) is 15.1. The van der Waals surface area contributed by atoms with Crippen molar-refractivity contribution in [2.24, 2.45) is 5.92 Å². The fourth-order valence-corrected chi connectivity index (χ4v) is 3.62. The van der Waals surface area contributed by atoms with E-state index in [9.17, 15) is 8.42 Å². The number of hydrogen-bond acceptors (Lipinski definition) is 4. The molecule has 1 saturated heterocycles. The Morgan fingerprint density at radius 3 is 2.85 bits per heavy atom. The van der Waals surface area contributed by atoms with E-state index in [-0.39, 0.29) is 5.75 Å². The zero-order chi connectivity index (χ0) is 14.6. The molecule has 20 heavy (non-hydrogen) atoms. The molecule has 2 heterocycles. The summed E-state index contributed by atoms with van der Waals surface area (Å²) in [7, 11) is -3.26. The van der Waals surface area contributed by atoms with Crippen LogP contribution in [0.5, 0.6) is 0 Å². The Labute approximate surface area is 121 Å². The average molecular weight is 297 g/mol. The van der Waals surface area contributed by atoms with Crippen molar-refractivity contribution in [2.75, 3.05) is 28.5 Å². The monoisotopic (exact) mass is 297 g/mol. The molecular weight excluding hydrogens is 274 g/mol. The Morgan fingerprint density at radius 2 is 2.25 bits per heavy atom. The summed E-state index contributed by atoms with van der Waals surface area (Å²) in [6.45, 7) is 6.19. The highest BCUT2D eigenvalue weighted by atomic mass is 32.2. The summed E-state index contributed by atoms with van der Waals surface area (Å²) in [5.41, 5.74) is 1.06. The van der Waals surface area contributed by atoms with Gasteiger partial charge in [-0.2, -0.15) is 0 Å². The van der Waals surface area contributed by atoms with Gasteiger partial charge in [0.15, 0.2) is 0 Å². The lowest BCUT2D eigenvalue weighted by molar-refractivity contribution is 0.446. The Kier molecular flexibility index (Phi) is 4.86. The van der Waals surface area contributed by atoms with Crippen LogP contribution in [-0.4, -0.2) is 32.2 Å². The van der Waals surface area contributed by atoms with Crippen LogP contribution in [0.2, 0.25) is 0 Å². The number of hydrogen-bond donors (Lipinski definition) is 1. The highest BCUT2D eigenvalue weighted by molar-refractivity contribution is 7.92. The Morgan fingerprint density at radius 1 is 1.45 bits per heavy atom. The van der Waals surface area contributed by atoms with Crippen LogP contribution in [0.15, 0.2) is 18.3 Å². The Bertz CT molecular complexity index is 528. The summed E-state index contributed by atoms with van der Waals surface area (Å²) < 4.78 is 25.8. The summed E-state index contributed by atoms with van der Waals surface area (Å²) in [4.78, 5) is 6.53. The first-order chi connectivity index (χ1) is 9.50. The van der Waals surface area contributed by atoms with Gasteiger partial charge in [0.05, 0.1) is 17.6 Å². The smallest absolute Gasteiger partial charge is 0.233 e. The van der Waals surface area contributed by atoms with Crippen LogP contribution in [0.1, 0.15) is 33.1 Å². The lowest BCUT2D eigenvalue weighted by atomic mass is 10.00. The predicted molar refractivity (Wildman–Crippen MR) is 82.5 cm³/mol. The number of nitrogens with one attached hydrogen (secondary N) is 1. The molecule has 6 heteroatoms. The molecule has 1 atom stereocenters. The summed E-state index contributed by atoms with van der Waals surface area (Å²) in [5.74, 6) is 1.22. The third kappa shape index (κ3) is 4.10. The number of anilines is 2. The fourth-order valence-electron chi connectivity index (χ4n) is 2.54. The highest BCUT2D eigenvalue weighted by Gasteiger charge is 2.17. The molecule has 0 aliphatic carbocycles. The second-order valence-corrected chi connectivity index (χ2v) is 7.36. The predicted octanol–water partition coefficient (Wildman–Crippen LogP) is 2.47. The molecule has 0 amide bonds. The van der Waals surface area contributed by atoms with E-state index in [4.69, 9.17) is 0 Å². The topological polar surface area (TPSA) is 62.3 Å². The lowest BCUT2D eigenvalue weighted by Gasteiger charge is -2.32. The van der Waals surface area contributed by atoms with E-state index in [1.807, 2.05) is 13.0 Å². The summed E-state index contributed by atoms with van der Waals surface area (Å²) in [6.07, 6.45) is 4.83. The fraction of sp³-hybridized carbons (Fsp3) is 0.643. The molecule has 1 aromatic rings. The maximum atomic E-state index is 11.7. The molecule has 0 radical (unpaired) electrons. The van der Waals surface area contributed by atoms with Gasteiger partial charge in [0.25, 0.3) is 0 Å². The third-order valence-electron chi connectivity index (χ3n) is 3.50. The molecule has 0 aromatic carbocycles. The number of pyridine rings is 1. The Hall–Kier alpha value is -1.30. The van der Waals surface area contributed by atoms with Gasteiger partial charge in [-0.15, -0.1) is 0 Å².